The van der Waals surface area contributed by atoms with E-state index in [1.54, 1.807) is 13.8 Å². The Morgan fingerprint density at radius 2 is 1.79 bits per heavy atom. The van der Waals surface area contributed by atoms with E-state index in [1.807, 2.05) is 44.2 Å². The molecule has 7 heteroatoms. The molecular weight excluding hydrogens is 307 g/mol. The molecule has 1 aromatic carbocycles. The standard InChI is InChI=1S/C15H23BN2O4.C2H6/c1-11(17-16(3)21)14(19)18(12(2)15(20)22-4)10-13-8-6-5-7-9-13;1-2/h5-9,11-12,17,21H,10H2,1-4H3;1-2H3. The zero-order valence-corrected chi connectivity index (χ0v) is 15.4. The molecule has 2 N–H and O–H groups in total. The first-order valence-corrected chi connectivity index (χ1v) is 8.23. The van der Waals surface area contributed by atoms with E-state index >= 15 is 0 Å². The van der Waals surface area contributed by atoms with Gasteiger partial charge in [-0.15, -0.1) is 0 Å². The number of nitrogens with zero attached hydrogens (tertiary/aromatic N) is 1. The minimum Gasteiger partial charge on any atom is -0.467 e. The summed E-state index contributed by atoms with van der Waals surface area (Å²) in [5, 5.41) is 12.1. The van der Waals surface area contributed by atoms with Gasteiger partial charge in [-0.25, -0.2) is 4.79 Å². The second kappa shape index (κ2) is 11.6. The third-order valence-electron chi connectivity index (χ3n) is 3.35. The molecule has 0 saturated heterocycles. The molecule has 0 aromatic heterocycles. The van der Waals surface area contributed by atoms with Crippen LogP contribution in [0, 0.1) is 0 Å². The molecule has 0 heterocycles. The van der Waals surface area contributed by atoms with Gasteiger partial charge in [0.2, 0.25) is 5.91 Å². The molecule has 0 radical (unpaired) electrons. The fourth-order valence-corrected chi connectivity index (χ4v) is 2.17. The lowest BCUT2D eigenvalue weighted by molar-refractivity contribution is -0.153. The molecule has 2 atom stereocenters. The molecule has 0 aliphatic rings. The lowest BCUT2D eigenvalue weighted by Crippen LogP contribution is -2.53. The molecule has 6 nitrogen and oxygen atoms in total. The van der Waals surface area contributed by atoms with Gasteiger partial charge in [0.15, 0.2) is 0 Å². The number of carbonyl (C=O) groups is 2. The number of nitrogens with one attached hydrogen (secondary N) is 1. The molecule has 0 aliphatic heterocycles. The molecule has 0 bridgehead atoms. The summed E-state index contributed by atoms with van der Waals surface area (Å²) in [7, 11) is 0.479. The molecule has 1 rings (SSSR count). The van der Waals surface area contributed by atoms with Gasteiger partial charge in [0.25, 0.3) is 0 Å². The highest BCUT2D eigenvalue weighted by atomic mass is 16.5. The fourth-order valence-electron chi connectivity index (χ4n) is 2.17. The van der Waals surface area contributed by atoms with Crippen molar-refractivity contribution >= 4 is 18.9 Å². The normalized spacial score (nSPS) is 12.3. The van der Waals surface area contributed by atoms with Crippen molar-refractivity contribution in [3.63, 3.8) is 0 Å². The summed E-state index contributed by atoms with van der Waals surface area (Å²) in [5.41, 5.74) is 0.913. The van der Waals surface area contributed by atoms with Crippen molar-refractivity contribution in [2.75, 3.05) is 7.11 Å². The number of esters is 1. The largest absolute Gasteiger partial charge is 0.467 e. The van der Waals surface area contributed by atoms with E-state index in [9.17, 15) is 14.6 Å². The van der Waals surface area contributed by atoms with Gasteiger partial charge >= 0.3 is 13.0 Å². The van der Waals surface area contributed by atoms with Crippen LogP contribution in [0.5, 0.6) is 0 Å². The Kier molecular flexibility index (Phi) is 10.7. The topological polar surface area (TPSA) is 78.9 Å². The lowest BCUT2D eigenvalue weighted by atomic mass is 9.87. The lowest BCUT2D eigenvalue weighted by Gasteiger charge is -2.30. The minimum absolute atomic E-state index is 0.275. The Bertz CT molecular complexity index is 497. The smallest absolute Gasteiger partial charge is 0.374 e. The number of benzene rings is 1. The third kappa shape index (κ3) is 7.15. The van der Waals surface area contributed by atoms with E-state index in [2.05, 4.69) is 5.23 Å². The predicted molar refractivity (Wildman–Crippen MR) is 96.3 cm³/mol. The summed E-state index contributed by atoms with van der Waals surface area (Å²) in [4.78, 5) is 25.8. The van der Waals surface area contributed by atoms with Gasteiger partial charge in [0.1, 0.15) is 6.04 Å². The summed E-state index contributed by atoms with van der Waals surface area (Å²) in [6, 6.07) is 8.08. The monoisotopic (exact) mass is 336 g/mol. The molecule has 0 aliphatic carbocycles. The highest BCUT2D eigenvalue weighted by Gasteiger charge is 2.30. The molecule has 1 aromatic rings. The SMILES string of the molecule is CC.COC(=O)C(C)N(Cc1ccccc1)C(=O)C(C)NB(C)O. The molecule has 0 spiro atoms. The van der Waals surface area contributed by atoms with Gasteiger partial charge in [-0.3, -0.25) is 4.79 Å². The Morgan fingerprint density at radius 1 is 1.25 bits per heavy atom. The highest BCUT2D eigenvalue weighted by molar-refractivity contribution is 6.46. The first-order valence-electron chi connectivity index (χ1n) is 8.23. The average Bonchev–Trinajstić information content (AvgIpc) is 2.59. The Labute approximate surface area is 145 Å². The first-order chi connectivity index (χ1) is 11.4. The van der Waals surface area contributed by atoms with Crippen LogP contribution in [0.15, 0.2) is 30.3 Å². The fraction of sp³-hybridized carbons (Fsp3) is 0.529. The Hall–Kier alpha value is -1.86. The van der Waals surface area contributed by atoms with Crippen LogP contribution in [0.4, 0.5) is 0 Å². The summed E-state index contributed by atoms with van der Waals surface area (Å²) in [6.07, 6.45) is 0. The zero-order valence-electron chi connectivity index (χ0n) is 15.4. The van der Waals surface area contributed by atoms with Crippen molar-refractivity contribution in [3.05, 3.63) is 35.9 Å². The Balaban J connectivity index is 0.00000254. The molecule has 1 amide bonds. The number of ether oxygens (including phenoxy) is 1. The van der Waals surface area contributed by atoms with Crippen molar-refractivity contribution in [2.24, 2.45) is 0 Å². The second-order valence-corrected chi connectivity index (χ2v) is 5.22. The van der Waals surface area contributed by atoms with E-state index in [-0.39, 0.29) is 5.91 Å². The third-order valence-corrected chi connectivity index (χ3v) is 3.35. The van der Waals surface area contributed by atoms with E-state index in [4.69, 9.17) is 4.74 Å². The summed E-state index contributed by atoms with van der Waals surface area (Å²) in [5.74, 6) is -0.754. The summed E-state index contributed by atoms with van der Waals surface area (Å²) < 4.78 is 4.74. The van der Waals surface area contributed by atoms with Gasteiger partial charge in [0, 0.05) is 6.54 Å². The van der Waals surface area contributed by atoms with Crippen molar-refractivity contribution in [3.8, 4) is 0 Å². The van der Waals surface area contributed by atoms with Crippen molar-refractivity contribution in [1.29, 1.82) is 0 Å². The number of amides is 1. The number of carbonyl (C=O) groups excluding carboxylic acids is 2. The van der Waals surface area contributed by atoms with Crippen LogP contribution in [0.3, 0.4) is 0 Å². The van der Waals surface area contributed by atoms with E-state index < -0.39 is 25.1 Å². The van der Waals surface area contributed by atoms with Crippen LogP contribution >= 0.6 is 0 Å². The van der Waals surface area contributed by atoms with Crippen LogP contribution in [-0.4, -0.2) is 48.0 Å². The maximum Gasteiger partial charge on any atom is 0.374 e. The Morgan fingerprint density at radius 3 is 2.25 bits per heavy atom. The predicted octanol–water partition coefficient (Wildman–Crippen LogP) is 1.69. The second-order valence-electron chi connectivity index (χ2n) is 5.22. The van der Waals surface area contributed by atoms with Crippen LogP contribution in [-0.2, 0) is 20.9 Å². The van der Waals surface area contributed by atoms with Crippen LogP contribution < -0.4 is 5.23 Å². The number of hydrogen-bond acceptors (Lipinski definition) is 5. The molecule has 0 saturated carbocycles. The highest BCUT2D eigenvalue weighted by Crippen LogP contribution is 2.11. The van der Waals surface area contributed by atoms with E-state index in [0.717, 1.165) is 5.56 Å². The first kappa shape index (κ1) is 22.1. The maximum atomic E-state index is 12.6. The number of methoxy groups -OCH3 is 1. The summed E-state index contributed by atoms with van der Waals surface area (Å²) >= 11 is 0. The average molecular weight is 336 g/mol. The van der Waals surface area contributed by atoms with E-state index in [1.165, 1.54) is 18.8 Å². The molecular formula is C17H29BN2O4. The van der Waals surface area contributed by atoms with Crippen molar-refractivity contribution in [2.45, 2.75) is 53.1 Å². The van der Waals surface area contributed by atoms with Crippen LogP contribution in [0.1, 0.15) is 33.3 Å². The van der Waals surface area contributed by atoms with Gasteiger partial charge in [-0.1, -0.05) is 44.2 Å². The maximum absolute atomic E-state index is 12.6. The van der Waals surface area contributed by atoms with Gasteiger partial charge in [-0.2, -0.15) is 0 Å². The number of rotatable bonds is 7. The minimum atomic E-state index is -0.814. The van der Waals surface area contributed by atoms with Gasteiger partial charge in [-0.05, 0) is 26.2 Å². The molecule has 0 fully saturated rings. The van der Waals surface area contributed by atoms with E-state index in [0.29, 0.717) is 6.54 Å². The van der Waals surface area contributed by atoms with Crippen molar-refractivity contribution in [1.82, 2.24) is 10.1 Å². The quantitative estimate of drug-likeness (QED) is 0.585. The van der Waals surface area contributed by atoms with Gasteiger partial charge in [0.05, 0.1) is 13.2 Å². The van der Waals surface area contributed by atoms with Gasteiger partial charge < -0.3 is 19.9 Å². The summed E-state index contributed by atoms with van der Waals surface area (Å²) in [6.45, 7) is 9.11. The molecule has 134 valence electrons. The molecule has 24 heavy (non-hydrogen) atoms. The van der Waals surface area contributed by atoms with Crippen LogP contribution in [0.25, 0.3) is 0 Å². The van der Waals surface area contributed by atoms with Crippen molar-refractivity contribution < 1.29 is 19.3 Å². The zero-order chi connectivity index (χ0) is 18.7. The molecule has 2 unspecified atom stereocenters. The number of hydrogen-bond donors (Lipinski definition) is 2. The van der Waals surface area contributed by atoms with Crippen LogP contribution in [0.2, 0.25) is 6.82 Å².